The van der Waals surface area contributed by atoms with Gasteiger partial charge in [-0.1, -0.05) is 0 Å². The quantitative estimate of drug-likeness (QED) is 0.763. The highest BCUT2D eigenvalue weighted by molar-refractivity contribution is 6.01. The van der Waals surface area contributed by atoms with Crippen LogP contribution in [0.1, 0.15) is 36.8 Å². The van der Waals surface area contributed by atoms with Crippen LogP contribution in [0.15, 0.2) is 6.20 Å². The Kier molecular flexibility index (Phi) is 4.13. The molecule has 0 fully saturated rings. The van der Waals surface area contributed by atoms with Crippen LogP contribution in [0.5, 0.6) is 0 Å². The summed E-state index contributed by atoms with van der Waals surface area (Å²) in [6.45, 7) is 7.02. The van der Waals surface area contributed by atoms with Gasteiger partial charge in [0.05, 0.1) is 11.3 Å². The highest BCUT2D eigenvalue weighted by Crippen LogP contribution is 2.19. The average Bonchev–Trinajstić information content (AvgIpc) is 2.55. The third kappa shape index (κ3) is 3.89. The lowest BCUT2D eigenvalue weighted by Gasteiger charge is -2.18. The van der Waals surface area contributed by atoms with Crippen molar-refractivity contribution in [2.75, 3.05) is 11.9 Å². The maximum Gasteiger partial charge on any atom is 0.339 e. The van der Waals surface area contributed by atoms with Crippen LogP contribution in [0.3, 0.4) is 0 Å². The molecule has 0 saturated carbocycles. The number of H-pyrrole nitrogens is 1. The van der Waals surface area contributed by atoms with E-state index >= 15 is 0 Å². The average molecular weight is 254 g/mol. The Labute approximate surface area is 105 Å². The van der Waals surface area contributed by atoms with Crippen molar-refractivity contribution in [1.82, 2.24) is 4.98 Å². The van der Waals surface area contributed by atoms with Crippen LogP contribution in [0, 0.1) is 6.92 Å². The number of nitrogens with one attached hydrogen (secondary N) is 2. The summed E-state index contributed by atoms with van der Waals surface area (Å²) in [5, 5.41) is 11.5. The number of hydrogen-bond acceptors (Lipinski definition) is 3. The van der Waals surface area contributed by atoms with Crippen LogP contribution in [-0.2, 0) is 9.53 Å². The molecule has 6 heteroatoms. The highest BCUT2D eigenvalue weighted by atomic mass is 16.5. The van der Waals surface area contributed by atoms with Crippen LogP contribution in [0.2, 0.25) is 0 Å². The predicted octanol–water partition coefficient (Wildman–Crippen LogP) is 1.77. The number of amides is 1. The molecule has 18 heavy (non-hydrogen) atoms. The van der Waals surface area contributed by atoms with E-state index in [9.17, 15) is 9.59 Å². The van der Waals surface area contributed by atoms with Crippen molar-refractivity contribution in [2.24, 2.45) is 0 Å². The van der Waals surface area contributed by atoms with Crippen molar-refractivity contribution in [3.8, 4) is 0 Å². The van der Waals surface area contributed by atoms with Gasteiger partial charge < -0.3 is 20.1 Å². The SMILES string of the molecule is Cc1[nH]cc(NC(=O)COC(C)(C)C)c1C(=O)O. The first-order valence-corrected chi connectivity index (χ1v) is 5.56. The zero-order valence-corrected chi connectivity index (χ0v) is 11.0. The van der Waals surface area contributed by atoms with E-state index in [0.717, 1.165) is 0 Å². The second-order valence-electron chi connectivity index (χ2n) is 4.96. The largest absolute Gasteiger partial charge is 0.478 e. The lowest BCUT2D eigenvalue weighted by molar-refractivity contribution is -0.125. The van der Waals surface area contributed by atoms with Crippen LogP contribution < -0.4 is 5.32 Å². The molecule has 1 aromatic rings. The van der Waals surface area contributed by atoms with Crippen LogP contribution in [0.4, 0.5) is 5.69 Å². The van der Waals surface area contributed by atoms with Gasteiger partial charge in [0.25, 0.3) is 0 Å². The molecule has 100 valence electrons. The predicted molar refractivity (Wildman–Crippen MR) is 66.8 cm³/mol. The number of carbonyl (C=O) groups excluding carboxylic acids is 1. The van der Waals surface area contributed by atoms with E-state index in [0.29, 0.717) is 5.69 Å². The van der Waals surface area contributed by atoms with Crippen LogP contribution in [0.25, 0.3) is 0 Å². The van der Waals surface area contributed by atoms with Crippen molar-refractivity contribution in [1.29, 1.82) is 0 Å². The second-order valence-corrected chi connectivity index (χ2v) is 4.96. The summed E-state index contributed by atoms with van der Waals surface area (Å²) >= 11 is 0. The summed E-state index contributed by atoms with van der Waals surface area (Å²) in [4.78, 5) is 25.4. The standard InChI is InChI=1S/C12H18N2O4/c1-7-10(11(16)17)8(5-13-7)14-9(15)6-18-12(2,3)4/h5,13H,6H2,1-4H3,(H,14,15)(H,16,17). The number of aromatic carboxylic acids is 1. The molecular formula is C12H18N2O4. The highest BCUT2D eigenvalue weighted by Gasteiger charge is 2.18. The van der Waals surface area contributed by atoms with E-state index in [2.05, 4.69) is 10.3 Å². The Morgan fingerprint density at radius 3 is 2.56 bits per heavy atom. The molecule has 1 rings (SSSR count). The molecule has 6 nitrogen and oxygen atoms in total. The topological polar surface area (TPSA) is 91.4 Å². The molecule has 0 saturated heterocycles. The smallest absolute Gasteiger partial charge is 0.339 e. The van der Waals surface area contributed by atoms with Crippen LogP contribution >= 0.6 is 0 Å². The fourth-order valence-corrected chi connectivity index (χ4v) is 1.37. The van der Waals surface area contributed by atoms with E-state index in [1.807, 2.05) is 20.8 Å². The van der Waals surface area contributed by atoms with Gasteiger partial charge in [0, 0.05) is 11.9 Å². The maximum atomic E-state index is 11.6. The van der Waals surface area contributed by atoms with Crippen molar-refractivity contribution in [3.63, 3.8) is 0 Å². The molecule has 3 N–H and O–H groups in total. The fraction of sp³-hybridized carbons (Fsp3) is 0.500. The lowest BCUT2D eigenvalue weighted by Crippen LogP contribution is -2.27. The molecule has 0 radical (unpaired) electrons. The summed E-state index contributed by atoms with van der Waals surface area (Å²) < 4.78 is 5.30. The Balaban J connectivity index is 2.68. The van der Waals surface area contributed by atoms with Crippen molar-refractivity contribution in [2.45, 2.75) is 33.3 Å². The van der Waals surface area contributed by atoms with Crippen molar-refractivity contribution < 1.29 is 19.4 Å². The number of rotatable bonds is 4. The normalized spacial score (nSPS) is 11.3. The zero-order chi connectivity index (χ0) is 13.9. The van der Waals surface area contributed by atoms with Crippen molar-refractivity contribution in [3.05, 3.63) is 17.5 Å². The van der Waals surface area contributed by atoms with Gasteiger partial charge in [-0.05, 0) is 27.7 Å². The molecule has 1 aromatic heterocycles. The molecule has 0 aliphatic rings. The monoisotopic (exact) mass is 254 g/mol. The van der Waals surface area contributed by atoms with Crippen molar-refractivity contribution >= 4 is 17.6 Å². The van der Waals surface area contributed by atoms with Gasteiger partial charge in [0.1, 0.15) is 12.2 Å². The third-order valence-corrected chi connectivity index (χ3v) is 2.20. The number of carbonyl (C=O) groups is 2. The Morgan fingerprint density at radius 1 is 1.44 bits per heavy atom. The molecular weight excluding hydrogens is 236 g/mol. The Morgan fingerprint density at radius 2 is 2.06 bits per heavy atom. The third-order valence-electron chi connectivity index (χ3n) is 2.20. The Bertz CT molecular complexity index is 457. The van der Waals surface area contributed by atoms with E-state index in [-0.39, 0.29) is 23.8 Å². The van der Waals surface area contributed by atoms with Gasteiger partial charge in [-0.15, -0.1) is 0 Å². The molecule has 0 bridgehead atoms. The number of anilines is 1. The molecule has 0 aromatic carbocycles. The number of aromatic amines is 1. The first kappa shape index (κ1) is 14.2. The van der Waals surface area contributed by atoms with Gasteiger partial charge in [-0.3, -0.25) is 4.79 Å². The first-order chi connectivity index (χ1) is 8.20. The molecule has 1 amide bonds. The molecule has 1 heterocycles. The van der Waals surface area contributed by atoms with Gasteiger partial charge in [-0.25, -0.2) is 4.79 Å². The van der Waals surface area contributed by atoms with Gasteiger partial charge in [-0.2, -0.15) is 0 Å². The van der Waals surface area contributed by atoms with E-state index in [1.165, 1.54) is 6.20 Å². The summed E-state index contributed by atoms with van der Waals surface area (Å²) in [7, 11) is 0. The van der Waals surface area contributed by atoms with E-state index < -0.39 is 11.6 Å². The summed E-state index contributed by atoms with van der Waals surface area (Å²) in [5.41, 5.74) is 0.400. The number of ether oxygens (including phenoxy) is 1. The molecule has 0 aliphatic heterocycles. The van der Waals surface area contributed by atoms with Gasteiger partial charge >= 0.3 is 5.97 Å². The zero-order valence-electron chi connectivity index (χ0n) is 11.0. The molecule has 0 atom stereocenters. The molecule has 0 aliphatic carbocycles. The molecule has 0 spiro atoms. The summed E-state index contributed by atoms with van der Waals surface area (Å²) in [5.74, 6) is -1.47. The molecule has 0 unspecified atom stereocenters. The first-order valence-electron chi connectivity index (χ1n) is 5.56. The summed E-state index contributed by atoms with van der Waals surface area (Å²) in [6.07, 6.45) is 1.45. The minimum Gasteiger partial charge on any atom is -0.478 e. The number of carboxylic acid groups (broad SMARTS) is 1. The van der Waals surface area contributed by atoms with Crippen LogP contribution in [-0.4, -0.2) is 34.2 Å². The number of aryl methyl sites for hydroxylation is 1. The number of hydrogen-bond donors (Lipinski definition) is 3. The maximum absolute atomic E-state index is 11.6. The summed E-state index contributed by atoms with van der Waals surface area (Å²) in [6, 6.07) is 0. The minimum absolute atomic E-state index is 0.0686. The Hall–Kier alpha value is -1.82. The lowest BCUT2D eigenvalue weighted by atomic mass is 10.2. The fourth-order valence-electron chi connectivity index (χ4n) is 1.37. The minimum atomic E-state index is -1.08. The second kappa shape index (κ2) is 5.22. The number of carboxylic acids is 1. The van der Waals surface area contributed by atoms with Gasteiger partial charge in [0.15, 0.2) is 0 Å². The van der Waals surface area contributed by atoms with E-state index in [1.54, 1.807) is 6.92 Å². The van der Waals surface area contributed by atoms with Gasteiger partial charge in [0.2, 0.25) is 5.91 Å². The van der Waals surface area contributed by atoms with E-state index in [4.69, 9.17) is 9.84 Å². The number of aromatic nitrogens is 1.